The molecule has 1 rings (SSSR count). The van der Waals surface area contributed by atoms with Crippen molar-refractivity contribution >= 4 is 17.5 Å². The van der Waals surface area contributed by atoms with Gasteiger partial charge in [-0.15, -0.1) is 0 Å². The fourth-order valence-electron chi connectivity index (χ4n) is 1.19. The number of anilines is 1. The van der Waals surface area contributed by atoms with Crippen molar-refractivity contribution in [2.24, 2.45) is 0 Å². The number of carbonyl (C=O) groups is 2. The Kier molecular flexibility index (Phi) is 4.04. The van der Waals surface area contributed by atoms with Crippen LogP contribution in [-0.2, 0) is 4.79 Å². The molecule has 0 aliphatic carbocycles. The van der Waals surface area contributed by atoms with Gasteiger partial charge in [-0.2, -0.15) is 0 Å². The predicted molar refractivity (Wildman–Crippen MR) is 67.9 cm³/mol. The van der Waals surface area contributed by atoms with Crippen LogP contribution in [0.25, 0.3) is 0 Å². The molecule has 0 fully saturated rings. The molecule has 1 aromatic rings. The lowest BCUT2D eigenvalue weighted by Crippen LogP contribution is -2.21. The van der Waals surface area contributed by atoms with Crippen molar-refractivity contribution < 1.29 is 9.59 Å². The summed E-state index contributed by atoms with van der Waals surface area (Å²) in [6.45, 7) is 5.19. The third kappa shape index (κ3) is 3.45. The molecule has 4 nitrogen and oxygen atoms in total. The minimum atomic E-state index is -0.225. The number of hydrogen-bond acceptors (Lipinski definition) is 2. The number of nitrogens with zero attached hydrogens (tertiary/aromatic N) is 1. The minimum absolute atomic E-state index is 0.0669. The smallest absolute Gasteiger partial charge is 0.253 e. The van der Waals surface area contributed by atoms with Crippen LogP contribution in [0.5, 0.6) is 0 Å². The first kappa shape index (κ1) is 13.0. The highest BCUT2D eigenvalue weighted by molar-refractivity contribution is 6.03. The first-order valence-corrected chi connectivity index (χ1v) is 5.20. The van der Waals surface area contributed by atoms with Crippen LogP contribution in [0, 0.1) is 0 Å². The van der Waals surface area contributed by atoms with Crippen molar-refractivity contribution in [3.05, 3.63) is 42.0 Å². The van der Waals surface area contributed by atoms with Crippen LogP contribution in [-0.4, -0.2) is 30.8 Å². The number of carbonyl (C=O) groups excluding carboxylic acids is 2. The summed E-state index contributed by atoms with van der Waals surface area (Å²) in [6, 6.07) is 6.74. The molecule has 2 amide bonds. The van der Waals surface area contributed by atoms with Crippen LogP contribution in [0.4, 0.5) is 5.69 Å². The average molecular weight is 232 g/mol. The van der Waals surface area contributed by atoms with Crippen LogP contribution in [0.3, 0.4) is 0 Å². The summed E-state index contributed by atoms with van der Waals surface area (Å²) in [5, 5.41) is 2.67. The van der Waals surface area contributed by atoms with Gasteiger partial charge in [0.2, 0.25) is 0 Å². The lowest BCUT2D eigenvalue weighted by Gasteiger charge is -2.10. The summed E-state index contributed by atoms with van der Waals surface area (Å²) in [4.78, 5) is 24.5. The van der Waals surface area contributed by atoms with Crippen molar-refractivity contribution in [1.29, 1.82) is 0 Å². The van der Waals surface area contributed by atoms with E-state index in [0.29, 0.717) is 16.8 Å². The van der Waals surface area contributed by atoms with Crippen LogP contribution >= 0.6 is 0 Å². The molecule has 0 bridgehead atoms. The van der Waals surface area contributed by atoms with E-state index in [2.05, 4.69) is 11.9 Å². The molecular formula is C13H16N2O2. The Bertz CT molecular complexity index is 447. The zero-order valence-electron chi connectivity index (χ0n) is 10.3. The van der Waals surface area contributed by atoms with E-state index >= 15 is 0 Å². The highest BCUT2D eigenvalue weighted by Gasteiger charge is 2.08. The van der Waals surface area contributed by atoms with Gasteiger partial charge in [-0.25, -0.2) is 0 Å². The molecule has 1 aromatic carbocycles. The maximum Gasteiger partial charge on any atom is 0.253 e. The van der Waals surface area contributed by atoms with E-state index in [4.69, 9.17) is 0 Å². The van der Waals surface area contributed by atoms with Crippen LogP contribution in [0.15, 0.2) is 36.4 Å². The van der Waals surface area contributed by atoms with E-state index in [1.54, 1.807) is 45.3 Å². The standard InChI is InChI=1S/C13H16N2O2/c1-9(2)12(16)14-11-7-5-10(6-8-11)13(17)15(3)4/h5-8H,1H2,2-4H3,(H,14,16). The van der Waals surface area contributed by atoms with E-state index in [9.17, 15) is 9.59 Å². The summed E-state index contributed by atoms with van der Waals surface area (Å²) < 4.78 is 0. The summed E-state index contributed by atoms with van der Waals surface area (Å²) in [7, 11) is 3.39. The molecule has 0 aromatic heterocycles. The Labute approximate surface area is 101 Å². The monoisotopic (exact) mass is 232 g/mol. The molecule has 0 aliphatic rings. The van der Waals surface area contributed by atoms with Gasteiger partial charge in [0.15, 0.2) is 0 Å². The Hall–Kier alpha value is -2.10. The molecule has 4 heteroatoms. The second kappa shape index (κ2) is 5.30. The molecule has 1 N–H and O–H groups in total. The van der Waals surface area contributed by atoms with Gasteiger partial charge in [0.05, 0.1) is 0 Å². The molecule has 0 saturated carbocycles. The Morgan fingerprint density at radius 2 is 1.71 bits per heavy atom. The average Bonchev–Trinajstić information content (AvgIpc) is 2.28. The van der Waals surface area contributed by atoms with Gasteiger partial charge in [-0.1, -0.05) is 6.58 Å². The molecule has 0 aliphatic heterocycles. The van der Waals surface area contributed by atoms with Gasteiger partial charge in [0.1, 0.15) is 0 Å². The van der Waals surface area contributed by atoms with E-state index in [0.717, 1.165) is 0 Å². The number of nitrogens with one attached hydrogen (secondary N) is 1. The van der Waals surface area contributed by atoms with Crippen molar-refractivity contribution in [3.8, 4) is 0 Å². The maximum atomic E-state index is 11.6. The van der Waals surface area contributed by atoms with E-state index < -0.39 is 0 Å². The topological polar surface area (TPSA) is 49.4 Å². The Morgan fingerprint density at radius 3 is 2.12 bits per heavy atom. The predicted octanol–water partition coefficient (Wildman–Crippen LogP) is 1.90. The highest BCUT2D eigenvalue weighted by atomic mass is 16.2. The minimum Gasteiger partial charge on any atom is -0.345 e. The summed E-state index contributed by atoms with van der Waals surface area (Å²) in [5.74, 6) is -0.292. The normalized spacial score (nSPS) is 9.59. The number of rotatable bonds is 3. The fourth-order valence-corrected chi connectivity index (χ4v) is 1.19. The van der Waals surface area contributed by atoms with Gasteiger partial charge in [-0.3, -0.25) is 9.59 Å². The summed E-state index contributed by atoms with van der Waals surface area (Å²) in [5.41, 5.74) is 1.68. The van der Waals surface area contributed by atoms with Crippen molar-refractivity contribution in [2.45, 2.75) is 6.92 Å². The van der Waals surface area contributed by atoms with Crippen molar-refractivity contribution in [2.75, 3.05) is 19.4 Å². The third-order valence-corrected chi connectivity index (χ3v) is 2.18. The molecule has 0 atom stereocenters. The third-order valence-electron chi connectivity index (χ3n) is 2.18. The lowest BCUT2D eigenvalue weighted by molar-refractivity contribution is -0.112. The number of benzene rings is 1. The molecule has 90 valence electrons. The van der Waals surface area contributed by atoms with Crippen LogP contribution in [0.1, 0.15) is 17.3 Å². The second-order valence-corrected chi connectivity index (χ2v) is 4.01. The Morgan fingerprint density at radius 1 is 1.18 bits per heavy atom. The van der Waals surface area contributed by atoms with Gasteiger partial charge >= 0.3 is 0 Å². The van der Waals surface area contributed by atoms with Gasteiger partial charge in [-0.05, 0) is 31.2 Å². The van der Waals surface area contributed by atoms with E-state index in [1.807, 2.05) is 0 Å². The van der Waals surface area contributed by atoms with Gasteiger partial charge in [0.25, 0.3) is 11.8 Å². The van der Waals surface area contributed by atoms with Crippen LogP contribution < -0.4 is 5.32 Å². The fraction of sp³-hybridized carbons (Fsp3) is 0.231. The molecule has 17 heavy (non-hydrogen) atoms. The Balaban J connectivity index is 2.78. The van der Waals surface area contributed by atoms with E-state index in [-0.39, 0.29) is 11.8 Å². The first-order valence-electron chi connectivity index (χ1n) is 5.20. The zero-order valence-corrected chi connectivity index (χ0v) is 10.3. The number of amides is 2. The van der Waals surface area contributed by atoms with E-state index in [1.165, 1.54) is 4.90 Å². The molecule has 0 radical (unpaired) electrons. The summed E-state index contributed by atoms with van der Waals surface area (Å²) in [6.07, 6.45) is 0. The quantitative estimate of drug-likeness (QED) is 0.809. The maximum absolute atomic E-state index is 11.6. The molecule has 0 unspecified atom stereocenters. The number of hydrogen-bond donors (Lipinski definition) is 1. The van der Waals surface area contributed by atoms with Gasteiger partial charge < -0.3 is 10.2 Å². The van der Waals surface area contributed by atoms with Crippen molar-refractivity contribution in [3.63, 3.8) is 0 Å². The second-order valence-electron chi connectivity index (χ2n) is 4.01. The summed E-state index contributed by atoms with van der Waals surface area (Å²) >= 11 is 0. The van der Waals surface area contributed by atoms with Gasteiger partial charge in [0, 0.05) is 30.9 Å². The van der Waals surface area contributed by atoms with Crippen molar-refractivity contribution in [1.82, 2.24) is 4.90 Å². The molecule has 0 heterocycles. The SMILES string of the molecule is C=C(C)C(=O)Nc1ccc(C(=O)N(C)C)cc1. The zero-order chi connectivity index (χ0) is 13.0. The largest absolute Gasteiger partial charge is 0.345 e. The lowest BCUT2D eigenvalue weighted by atomic mass is 10.2. The van der Waals surface area contributed by atoms with Crippen LogP contribution in [0.2, 0.25) is 0 Å². The first-order chi connectivity index (χ1) is 7.91. The molecule has 0 saturated heterocycles. The molecule has 0 spiro atoms. The highest BCUT2D eigenvalue weighted by Crippen LogP contribution is 2.11. The molecular weight excluding hydrogens is 216 g/mol.